The van der Waals surface area contributed by atoms with Crippen molar-refractivity contribution in [2.24, 2.45) is 11.3 Å². The van der Waals surface area contributed by atoms with E-state index in [0.29, 0.717) is 11.5 Å². The highest BCUT2D eigenvalue weighted by molar-refractivity contribution is 4.84. The van der Waals surface area contributed by atoms with Crippen molar-refractivity contribution < 1.29 is 0 Å². The molecule has 2 atom stereocenters. The summed E-state index contributed by atoms with van der Waals surface area (Å²) in [4.78, 5) is 4.96. The maximum atomic E-state index is 3.38. The predicted molar refractivity (Wildman–Crippen MR) is 75.4 cm³/mol. The van der Waals surface area contributed by atoms with Crippen LogP contribution >= 0.6 is 0 Å². The van der Waals surface area contributed by atoms with Crippen LogP contribution in [0.2, 0.25) is 0 Å². The Hall–Kier alpha value is -0.120. The molecule has 2 unspecified atom stereocenters. The monoisotopic (exact) mass is 241 g/mol. The van der Waals surface area contributed by atoms with Gasteiger partial charge in [-0.05, 0) is 52.4 Å². The molecule has 3 nitrogen and oxygen atoms in total. The quantitative estimate of drug-likeness (QED) is 0.760. The van der Waals surface area contributed by atoms with Gasteiger partial charge in [0.15, 0.2) is 0 Å². The zero-order valence-corrected chi connectivity index (χ0v) is 12.6. The van der Waals surface area contributed by atoms with Gasteiger partial charge in [-0.15, -0.1) is 0 Å². The third-order valence-electron chi connectivity index (χ3n) is 4.34. The van der Waals surface area contributed by atoms with E-state index in [4.69, 9.17) is 0 Å². The number of likely N-dealkylation sites (tertiary alicyclic amines) is 1. The van der Waals surface area contributed by atoms with Crippen molar-refractivity contribution in [2.75, 3.05) is 47.3 Å². The summed E-state index contributed by atoms with van der Waals surface area (Å²) in [6.45, 7) is 11.9. The lowest BCUT2D eigenvalue weighted by atomic mass is 9.85. The number of rotatable bonds is 6. The molecule has 0 aliphatic carbocycles. The maximum Gasteiger partial charge on any atom is 0.00991 e. The van der Waals surface area contributed by atoms with Gasteiger partial charge in [0.2, 0.25) is 0 Å². The van der Waals surface area contributed by atoms with Crippen LogP contribution in [0.1, 0.15) is 27.2 Å². The summed E-state index contributed by atoms with van der Waals surface area (Å²) in [7, 11) is 6.55. The lowest BCUT2D eigenvalue weighted by Gasteiger charge is -2.36. The van der Waals surface area contributed by atoms with E-state index in [2.05, 4.69) is 57.0 Å². The molecule has 17 heavy (non-hydrogen) atoms. The fourth-order valence-corrected chi connectivity index (χ4v) is 2.90. The van der Waals surface area contributed by atoms with Gasteiger partial charge in [-0.1, -0.05) is 13.8 Å². The van der Waals surface area contributed by atoms with Crippen molar-refractivity contribution >= 4 is 0 Å². The molecular weight excluding hydrogens is 210 g/mol. The van der Waals surface area contributed by atoms with Gasteiger partial charge >= 0.3 is 0 Å². The van der Waals surface area contributed by atoms with Crippen LogP contribution in [-0.2, 0) is 0 Å². The highest BCUT2D eigenvalue weighted by Gasteiger charge is 2.28. The molecule has 1 rings (SSSR count). The maximum absolute atomic E-state index is 3.38. The third-order valence-corrected chi connectivity index (χ3v) is 4.34. The highest BCUT2D eigenvalue weighted by Crippen LogP contribution is 2.23. The van der Waals surface area contributed by atoms with Crippen LogP contribution in [-0.4, -0.2) is 63.2 Å². The SMILES string of the molecule is CNC(C)C(C)(C)CN(C)CC1CCN(C)C1. The number of nitrogens with zero attached hydrogens (tertiary/aromatic N) is 2. The first-order chi connectivity index (χ1) is 7.85. The van der Waals surface area contributed by atoms with Crippen molar-refractivity contribution in [1.29, 1.82) is 0 Å². The Morgan fingerprint density at radius 1 is 1.47 bits per heavy atom. The summed E-state index contributed by atoms with van der Waals surface area (Å²) in [6, 6.07) is 0.552. The zero-order valence-electron chi connectivity index (χ0n) is 12.6. The predicted octanol–water partition coefficient (Wildman–Crippen LogP) is 1.50. The minimum absolute atomic E-state index is 0.327. The Kier molecular flexibility index (Phi) is 5.42. The summed E-state index contributed by atoms with van der Waals surface area (Å²) in [5.41, 5.74) is 0.327. The van der Waals surface area contributed by atoms with E-state index < -0.39 is 0 Å². The molecule has 1 aliphatic heterocycles. The van der Waals surface area contributed by atoms with Gasteiger partial charge in [0.25, 0.3) is 0 Å². The standard InChI is InChI=1S/C14H31N3/c1-12(15-4)14(2,3)11-17(6)10-13-7-8-16(5)9-13/h12-13,15H,7-11H2,1-6H3. The van der Waals surface area contributed by atoms with Gasteiger partial charge in [0, 0.05) is 25.7 Å². The van der Waals surface area contributed by atoms with Gasteiger partial charge in [-0.3, -0.25) is 0 Å². The van der Waals surface area contributed by atoms with Crippen molar-refractivity contribution in [3.63, 3.8) is 0 Å². The average Bonchev–Trinajstić information content (AvgIpc) is 2.61. The molecule has 102 valence electrons. The van der Waals surface area contributed by atoms with Gasteiger partial charge in [0.05, 0.1) is 0 Å². The molecule has 0 bridgehead atoms. The van der Waals surface area contributed by atoms with Crippen molar-refractivity contribution in [3.05, 3.63) is 0 Å². The van der Waals surface area contributed by atoms with E-state index >= 15 is 0 Å². The van der Waals surface area contributed by atoms with Crippen LogP contribution in [0.3, 0.4) is 0 Å². The lowest BCUT2D eigenvalue weighted by molar-refractivity contribution is 0.154. The molecule has 1 fully saturated rings. The number of hydrogen-bond acceptors (Lipinski definition) is 3. The summed E-state index contributed by atoms with van der Waals surface area (Å²) < 4.78 is 0. The Bertz CT molecular complexity index is 228. The minimum Gasteiger partial charge on any atom is -0.317 e. The Balaban J connectivity index is 2.35. The largest absolute Gasteiger partial charge is 0.317 e. The molecule has 3 heteroatoms. The summed E-state index contributed by atoms with van der Waals surface area (Å²) >= 11 is 0. The lowest BCUT2D eigenvalue weighted by Crippen LogP contribution is -2.45. The highest BCUT2D eigenvalue weighted by atomic mass is 15.2. The van der Waals surface area contributed by atoms with Crippen molar-refractivity contribution in [3.8, 4) is 0 Å². The average molecular weight is 241 g/mol. The minimum atomic E-state index is 0.327. The summed E-state index contributed by atoms with van der Waals surface area (Å²) in [5, 5.41) is 3.38. The first-order valence-corrected chi connectivity index (χ1v) is 6.89. The fourth-order valence-electron chi connectivity index (χ4n) is 2.90. The second-order valence-corrected chi connectivity index (χ2v) is 6.61. The first kappa shape index (κ1) is 14.9. The summed E-state index contributed by atoms with van der Waals surface area (Å²) in [6.07, 6.45) is 1.36. The zero-order chi connectivity index (χ0) is 13.1. The van der Waals surface area contributed by atoms with E-state index in [1.54, 1.807) is 0 Å². The Labute approximate surface area is 108 Å². The molecule has 1 N–H and O–H groups in total. The van der Waals surface area contributed by atoms with Crippen LogP contribution in [0, 0.1) is 11.3 Å². The van der Waals surface area contributed by atoms with Gasteiger partial charge in [-0.25, -0.2) is 0 Å². The van der Waals surface area contributed by atoms with E-state index in [-0.39, 0.29) is 0 Å². The molecule has 0 radical (unpaired) electrons. The van der Waals surface area contributed by atoms with Crippen LogP contribution in [0.25, 0.3) is 0 Å². The Morgan fingerprint density at radius 3 is 2.59 bits per heavy atom. The van der Waals surface area contributed by atoms with Gasteiger partial charge in [-0.2, -0.15) is 0 Å². The molecule has 0 spiro atoms. The first-order valence-electron chi connectivity index (χ1n) is 6.89. The van der Waals surface area contributed by atoms with E-state index in [1.165, 1.54) is 26.1 Å². The van der Waals surface area contributed by atoms with Gasteiger partial charge < -0.3 is 15.1 Å². The molecule has 1 aliphatic rings. The van der Waals surface area contributed by atoms with Crippen LogP contribution in [0.15, 0.2) is 0 Å². The molecule has 1 saturated heterocycles. The van der Waals surface area contributed by atoms with Gasteiger partial charge in [0.1, 0.15) is 0 Å². The van der Waals surface area contributed by atoms with Crippen LogP contribution in [0.4, 0.5) is 0 Å². The van der Waals surface area contributed by atoms with Crippen molar-refractivity contribution in [2.45, 2.75) is 33.2 Å². The topological polar surface area (TPSA) is 18.5 Å². The number of hydrogen-bond donors (Lipinski definition) is 1. The number of nitrogens with one attached hydrogen (secondary N) is 1. The van der Waals surface area contributed by atoms with E-state index in [1.807, 2.05) is 0 Å². The second-order valence-electron chi connectivity index (χ2n) is 6.61. The second kappa shape index (κ2) is 6.17. The third kappa shape index (κ3) is 4.57. The Morgan fingerprint density at radius 2 is 2.12 bits per heavy atom. The molecule has 0 aromatic rings. The molecular formula is C14H31N3. The smallest absolute Gasteiger partial charge is 0.00991 e. The van der Waals surface area contributed by atoms with E-state index in [9.17, 15) is 0 Å². The molecule has 0 amide bonds. The summed E-state index contributed by atoms with van der Waals surface area (Å²) in [5.74, 6) is 0.866. The van der Waals surface area contributed by atoms with Crippen molar-refractivity contribution in [1.82, 2.24) is 15.1 Å². The molecule has 0 aromatic heterocycles. The fraction of sp³-hybridized carbons (Fsp3) is 1.00. The van der Waals surface area contributed by atoms with Crippen LogP contribution < -0.4 is 5.32 Å². The molecule has 0 aromatic carbocycles. The van der Waals surface area contributed by atoms with Crippen LogP contribution in [0.5, 0.6) is 0 Å². The molecule has 1 heterocycles. The van der Waals surface area contributed by atoms with E-state index in [0.717, 1.165) is 12.5 Å². The normalized spacial score (nSPS) is 24.5. The molecule has 0 saturated carbocycles.